The number of aromatic nitrogens is 2. The van der Waals surface area contributed by atoms with Crippen LogP contribution in [0.4, 0.5) is 5.69 Å². The van der Waals surface area contributed by atoms with Crippen LogP contribution in [-0.4, -0.2) is 14.9 Å². The van der Waals surface area contributed by atoms with E-state index in [9.17, 15) is 10.1 Å². The molecule has 0 saturated heterocycles. The SMILES string of the molecule is Cc1cccc([N+](=O)[O-])c1Oc1ncncc1I. The molecule has 0 spiro atoms. The molecule has 0 aliphatic heterocycles. The van der Waals surface area contributed by atoms with E-state index in [0.29, 0.717) is 15.0 Å². The molecule has 2 rings (SSSR count). The summed E-state index contributed by atoms with van der Waals surface area (Å²) in [5.41, 5.74) is 0.600. The van der Waals surface area contributed by atoms with Crippen molar-refractivity contribution in [2.45, 2.75) is 6.92 Å². The van der Waals surface area contributed by atoms with Crippen LogP contribution in [0.2, 0.25) is 0 Å². The summed E-state index contributed by atoms with van der Waals surface area (Å²) in [7, 11) is 0. The number of aryl methyl sites for hydroxylation is 1. The van der Waals surface area contributed by atoms with Crippen molar-refractivity contribution >= 4 is 28.3 Å². The van der Waals surface area contributed by atoms with Crippen LogP contribution in [0.3, 0.4) is 0 Å². The first-order chi connectivity index (χ1) is 8.59. The number of hydrogen-bond donors (Lipinski definition) is 0. The molecule has 0 N–H and O–H groups in total. The molecule has 0 unspecified atom stereocenters. The minimum atomic E-state index is -0.476. The summed E-state index contributed by atoms with van der Waals surface area (Å²) in [5.74, 6) is 0.516. The molecule has 0 aliphatic carbocycles. The van der Waals surface area contributed by atoms with E-state index in [1.807, 2.05) is 22.6 Å². The lowest BCUT2D eigenvalue weighted by atomic mass is 10.2. The molecular weight excluding hydrogens is 349 g/mol. The second-order valence-electron chi connectivity index (χ2n) is 3.46. The first-order valence-corrected chi connectivity index (χ1v) is 6.05. The number of halogens is 1. The molecule has 1 aromatic heterocycles. The Morgan fingerprint density at radius 1 is 1.44 bits per heavy atom. The molecule has 0 amide bonds. The Kier molecular flexibility index (Phi) is 3.70. The molecule has 92 valence electrons. The number of hydrogen-bond acceptors (Lipinski definition) is 5. The van der Waals surface area contributed by atoms with Crippen LogP contribution < -0.4 is 4.74 Å². The number of benzene rings is 1. The number of nitro groups is 1. The quantitative estimate of drug-likeness (QED) is 0.479. The van der Waals surface area contributed by atoms with Crippen molar-refractivity contribution < 1.29 is 9.66 Å². The normalized spacial score (nSPS) is 10.1. The Hall–Kier alpha value is -1.77. The maximum Gasteiger partial charge on any atom is 0.311 e. The van der Waals surface area contributed by atoms with Crippen molar-refractivity contribution in [3.8, 4) is 11.6 Å². The summed E-state index contributed by atoms with van der Waals surface area (Å²) in [6.45, 7) is 1.75. The molecule has 0 saturated carbocycles. The zero-order chi connectivity index (χ0) is 13.1. The highest BCUT2D eigenvalue weighted by atomic mass is 127. The molecule has 0 aliphatic rings. The van der Waals surface area contributed by atoms with E-state index >= 15 is 0 Å². The van der Waals surface area contributed by atoms with Gasteiger partial charge in [0.2, 0.25) is 11.6 Å². The van der Waals surface area contributed by atoms with E-state index in [1.165, 1.54) is 12.4 Å². The van der Waals surface area contributed by atoms with Crippen LogP contribution >= 0.6 is 22.6 Å². The predicted octanol–water partition coefficient (Wildman–Crippen LogP) is 3.09. The van der Waals surface area contributed by atoms with Crippen LogP contribution in [0.5, 0.6) is 11.6 Å². The molecule has 7 heteroatoms. The highest BCUT2D eigenvalue weighted by Gasteiger charge is 2.19. The van der Waals surface area contributed by atoms with Crippen LogP contribution in [0.15, 0.2) is 30.7 Å². The van der Waals surface area contributed by atoms with Crippen molar-refractivity contribution in [1.29, 1.82) is 0 Å². The molecule has 6 nitrogen and oxygen atoms in total. The topological polar surface area (TPSA) is 78.2 Å². The van der Waals surface area contributed by atoms with Crippen LogP contribution in [0.25, 0.3) is 0 Å². The maximum absolute atomic E-state index is 10.9. The van der Waals surface area contributed by atoms with Gasteiger partial charge < -0.3 is 4.74 Å². The summed E-state index contributed by atoms with van der Waals surface area (Å²) in [5, 5.41) is 10.9. The second kappa shape index (κ2) is 5.25. The summed E-state index contributed by atoms with van der Waals surface area (Å²) in [6.07, 6.45) is 2.91. The highest BCUT2D eigenvalue weighted by molar-refractivity contribution is 14.1. The van der Waals surface area contributed by atoms with Crippen LogP contribution in [0, 0.1) is 20.6 Å². The number of ether oxygens (including phenoxy) is 1. The van der Waals surface area contributed by atoms with E-state index in [1.54, 1.807) is 25.3 Å². The highest BCUT2D eigenvalue weighted by Crippen LogP contribution is 2.34. The number of nitrogens with zero attached hydrogens (tertiary/aromatic N) is 3. The number of nitro benzene ring substituents is 1. The lowest BCUT2D eigenvalue weighted by Gasteiger charge is -2.08. The molecule has 18 heavy (non-hydrogen) atoms. The van der Waals surface area contributed by atoms with Crippen molar-refractivity contribution in [2.75, 3.05) is 0 Å². The fraction of sp³-hybridized carbons (Fsp3) is 0.0909. The van der Waals surface area contributed by atoms with Gasteiger partial charge in [-0.3, -0.25) is 10.1 Å². The Morgan fingerprint density at radius 2 is 2.22 bits per heavy atom. The monoisotopic (exact) mass is 357 g/mol. The van der Waals surface area contributed by atoms with Gasteiger partial charge >= 0.3 is 5.69 Å². The molecule has 0 atom stereocenters. The predicted molar refractivity (Wildman–Crippen MR) is 72.7 cm³/mol. The van der Waals surface area contributed by atoms with Crippen molar-refractivity contribution in [3.63, 3.8) is 0 Å². The summed E-state index contributed by atoms with van der Waals surface area (Å²) >= 11 is 2.01. The van der Waals surface area contributed by atoms with E-state index in [2.05, 4.69) is 9.97 Å². The molecule has 0 bridgehead atoms. The number of para-hydroxylation sites is 1. The third-order valence-corrected chi connectivity index (χ3v) is 2.96. The maximum atomic E-state index is 10.9. The third-order valence-electron chi connectivity index (χ3n) is 2.22. The molecular formula is C11H8IN3O3. The van der Waals surface area contributed by atoms with Gasteiger partial charge in [0, 0.05) is 12.3 Å². The van der Waals surface area contributed by atoms with Gasteiger partial charge in [-0.1, -0.05) is 12.1 Å². The van der Waals surface area contributed by atoms with Gasteiger partial charge in [-0.2, -0.15) is 0 Å². The van der Waals surface area contributed by atoms with Crippen LogP contribution in [0.1, 0.15) is 5.56 Å². The van der Waals surface area contributed by atoms with Gasteiger partial charge in [-0.05, 0) is 35.1 Å². The first-order valence-electron chi connectivity index (χ1n) is 4.97. The molecule has 0 radical (unpaired) electrons. The van der Waals surface area contributed by atoms with E-state index in [4.69, 9.17) is 4.74 Å². The summed E-state index contributed by atoms with van der Waals surface area (Å²) in [6, 6.07) is 4.76. The Labute approximate surface area is 116 Å². The fourth-order valence-electron chi connectivity index (χ4n) is 1.39. The Bertz CT molecular complexity index is 604. The molecule has 1 aromatic carbocycles. The van der Waals surface area contributed by atoms with Gasteiger partial charge in [0.15, 0.2) is 0 Å². The van der Waals surface area contributed by atoms with Crippen molar-refractivity contribution in [3.05, 3.63) is 50.0 Å². The largest absolute Gasteiger partial charge is 0.430 e. The lowest BCUT2D eigenvalue weighted by molar-refractivity contribution is -0.385. The van der Waals surface area contributed by atoms with E-state index in [-0.39, 0.29) is 11.4 Å². The van der Waals surface area contributed by atoms with Gasteiger partial charge in [-0.15, -0.1) is 0 Å². The Morgan fingerprint density at radius 3 is 2.89 bits per heavy atom. The average Bonchev–Trinajstić information content (AvgIpc) is 2.34. The van der Waals surface area contributed by atoms with Crippen molar-refractivity contribution in [2.24, 2.45) is 0 Å². The van der Waals surface area contributed by atoms with E-state index < -0.39 is 4.92 Å². The van der Waals surface area contributed by atoms with Gasteiger partial charge in [0.25, 0.3) is 0 Å². The minimum Gasteiger partial charge on any atom is -0.430 e. The average molecular weight is 357 g/mol. The Balaban J connectivity index is 2.46. The van der Waals surface area contributed by atoms with Gasteiger partial charge in [-0.25, -0.2) is 9.97 Å². The third kappa shape index (κ3) is 2.55. The zero-order valence-electron chi connectivity index (χ0n) is 9.33. The number of rotatable bonds is 3. The van der Waals surface area contributed by atoms with Gasteiger partial charge in [0.1, 0.15) is 6.33 Å². The minimum absolute atomic E-state index is 0.0792. The van der Waals surface area contributed by atoms with E-state index in [0.717, 1.165) is 0 Å². The fourth-order valence-corrected chi connectivity index (χ4v) is 1.80. The smallest absolute Gasteiger partial charge is 0.311 e. The zero-order valence-corrected chi connectivity index (χ0v) is 11.5. The standard InChI is InChI=1S/C11H8IN3O3/c1-7-3-2-4-9(15(16)17)10(7)18-11-8(12)5-13-6-14-11/h2-6H,1H3. The van der Waals surface area contributed by atoms with Crippen molar-refractivity contribution in [1.82, 2.24) is 9.97 Å². The first kappa shape index (κ1) is 12.7. The summed E-state index contributed by atoms with van der Waals surface area (Å²) in [4.78, 5) is 18.2. The van der Waals surface area contributed by atoms with Gasteiger partial charge in [0.05, 0.1) is 8.49 Å². The van der Waals surface area contributed by atoms with Crippen LogP contribution in [-0.2, 0) is 0 Å². The second-order valence-corrected chi connectivity index (χ2v) is 4.62. The molecule has 0 fully saturated rings. The summed E-state index contributed by atoms with van der Waals surface area (Å²) < 4.78 is 6.22. The molecule has 2 aromatic rings. The molecule has 1 heterocycles. The lowest BCUT2D eigenvalue weighted by Crippen LogP contribution is -1.98.